The Morgan fingerprint density at radius 3 is 2.17 bits per heavy atom. The first-order valence-corrected chi connectivity index (χ1v) is 14.6. The monoisotopic (exact) mass is 537 g/mol. The number of nitrogens with zero attached hydrogens (tertiary/aromatic N) is 1. The molecule has 1 aliphatic rings. The molecule has 0 spiro atoms. The van der Waals surface area contributed by atoms with Crippen molar-refractivity contribution in [3.8, 4) is 22.6 Å². The third kappa shape index (κ3) is 5.83. The molecule has 1 heterocycles. The van der Waals surface area contributed by atoms with E-state index in [1.807, 2.05) is 26.0 Å². The van der Waals surface area contributed by atoms with Crippen molar-refractivity contribution in [3.05, 3.63) is 138 Å². The number of phenols is 1. The highest BCUT2D eigenvalue weighted by Crippen LogP contribution is 2.37. The average molecular weight is 538 g/mol. The standard InChI is InChI=1S/C37H33NO.C2H6/c1-25-12-16-29(17-13-25)31-18-20-36-34(23-31)35-24-33(39)19-21-37(35)38(36)32-11-7-10-30(22-32)27(3)15-14-26(2)28-8-5-4-6-9-28;1-2/h4-5,7-8,10-24,39H,6,9H2,1-3H3;1-2H3/b26-14+,27-15+;. The molecule has 0 atom stereocenters. The maximum atomic E-state index is 10.4. The zero-order valence-corrected chi connectivity index (χ0v) is 24.8. The van der Waals surface area contributed by atoms with Crippen molar-refractivity contribution in [2.75, 3.05) is 0 Å². The van der Waals surface area contributed by atoms with E-state index in [0.29, 0.717) is 0 Å². The highest BCUT2D eigenvalue weighted by molar-refractivity contribution is 6.11. The van der Waals surface area contributed by atoms with Crippen LogP contribution in [0.25, 0.3) is 44.2 Å². The van der Waals surface area contributed by atoms with E-state index in [0.717, 1.165) is 40.3 Å². The van der Waals surface area contributed by atoms with E-state index in [1.54, 1.807) is 6.07 Å². The van der Waals surface area contributed by atoms with E-state index in [2.05, 4.69) is 122 Å². The molecular formula is C39H39NO. The van der Waals surface area contributed by atoms with Gasteiger partial charge in [0.15, 0.2) is 0 Å². The molecule has 0 radical (unpaired) electrons. The lowest BCUT2D eigenvalue weighted by atomic mass is 9.97. The van der Waals surface area contributed by atoms with Gasteiger partial charge in [0.2, 0.25) is 0 Å². The molecule has 1 aromatic heterocycles. The Morgan fingerprint density at radius 2 is 1.44 bits per heavy atom. The van der Waals surface area contributed by atoms with Crippen LogP contribution in [0.5, 0.6) is 5.75 Å². The molecule has 0 amide bonds. The highest BCUT2D eigenvalue weighted by atomic mass is 16.3. The SMILES string of the molecule is C/C(=C\C=C(/C)c1cccc(-n2c3ccc(O)cc3c3cc(-c4ccc(C)cc4)ccc32)c1)C1=CC=CCC1.CC. The number of benzene rings is 4. The van der Waals surface area contributed by atoms with Gasteiger partial charge in [0.05, 0.1) is 11.0 Å². The van der Waals surface area contributed by atoms with Gasteiger partial charge in [-0.15, -0.1) is 0 Å². The van der Waals surface area contributed by atoms with E-state index < -0.39 is 0 Å². The van der Waals surface area contributed by atoms with Crippen molar-refractivity contribution < 1.29 is 5.11 Å². The van der Waals surface area contributed by atoms with Crippen molar-refractivity contribution >= 4 is 27.4 Å². The lowest BCUT2D eigenvalue weighted by Gasteiger charge is -2.11. The van der Waals surface area contributed by atoms with Gasteiger partial charge in [-0.1, -0.05) is 92.3 Å². The van der Waals surface area contributed by atoms with Gasteiger partial charge < -0.3 is 9.67 Å². The van der Waals surface area contributed by atoms with E-state index in [1.165, 1.54) is 39.0 Å². The summed E-state index contributed by atoms with van der Waals surface area (Å²) in [6.45, 7) is 10.5. The Labute approximate surface area is 244 Å². The van der Waals surface area contributed by atoms with Crippen LogP contribution in [0.3, 0.4) is 0 Å². The molecule has 6 rings (SSSR count). The Kier molecular flexibility index (Phi) is 8.40. The van der Waals surface area contributed by atoms with Crippen molar-refractivity contribution in [1.29, 1.82) is 0 Å². The summed E-state index contributed by atoms with van der Waals surface area (Å²) in [4.78, 5) is 0. The predicted molar refractivity (Wildman–Crippen MR) is 178 cm³/mol. The van der Waals surface area contributed by atoms with E-state index >= 15 is 0 Å². The number of rotatable bonds is 5. The van der Waals surface area contributed by atoms with Crippen LogP contribution in [-0.4, -0.2) is 9.67 Å². The van der Waals surface area contributed by atoms with Gasteiger partial charge in [-0.3, -0.25) is 0 Å². The first kappa shape index (κ1) is 28.0. The van der Waals surface area contributed by atoms with Crippen LogP contribution in [0, 0.1) is 6.92 Å². The fraction of sp³-hybridized carbons (Fsp3) is 0.179. The molecule has 0 fully saturated rings. The molecule has 2 heteroatoms. The second-order valence-corrected chi connectivity index (χ2v) is 10.5. The summed E-state index contributed by atoms with van der Waals surface area (Å²) in [6, 6.07) is 29.7. The van der Waals surface area contributed by atoms with E-state index in [-0.39, 0.29) is 5.75 Å². The van der Waals surface area contributed by atoms with Gasteiger partial charge in [-0.25, -0.2) is 0 Å². The lowest BCUT2D eigenvalue weighted by molar-refractivity contribution is 0.476. The normalized spacial score (nSPS) is 13.7. The van der Waals surface area contributed by atoms with Crippen LogP contribution in [0.4, 0.5) is 0 Å². The van der Waals surface area contributed by atoms with Crippen LogP contribution in [0.15, 0.2) is 126 Å². The maximum absolute atomic E-state index is 10.4. The van der Waals surface area contributed by atoms with Gasteiger partial charge in [-0.2, -0.15) is 0 Å². The Bertz CT molecular complexity index is 1820. The molecule has 0 saturated carbocycles. The zero-order valence-electron chi connectivity index (χ0n) is 24.8. The first-order chi connectivity index (χ1) is 20.0. The average Bonchev–Trinajstić information content (AvgIpc) is 3.34. The van der Waals surface area contributed by atoms with Crippen molar-refractivity contribution in [2.45, 2.75) is 47.5 Å². The van der Waals surface area contributed by atoms with Crippen LogP contribution < -0.4 is 0 Å². The van der Waals surface area contributed by atoms with Gasteiger partial charge in [-0.05, 0) is 109 Å². The minimum absolute atomic E-state index is 0.278. The Balaban J connectivity index is 0.00000165. The third-order valence-electron chi connectivity index (χ3n) is 7.80. The molecule has 4 aromatic carbocycles. The quantitative estimate of drug-likeness (QED) is 0.222. The van der Waals surface area contributed by atoms with E-state index in [4.69, 9.17) is 0 Å². The van der Waals surface area contributed by atoms with Crippen LogP contribution in [0.1, 0.15) is 51.7 Å². The summed E-state index contributed by atoms with van der Waals surface area (Å²) >= 11 is 0. The molecular weight excluding hydrogens is 498 g/mol. The van der Waals surface area contributed by atoms with Crippen molar-refractivity contribution in [3.63, 3.8) is 0 Å². The molecule has 5 aromatic rings. The highest BCUT2D eigenvalue weighted by Gasteiger charge is 2.14. The molecule has 41 heavy (non-hydrogen) atoms. The van der Waals surface area contributed by atoms with Gasteiger partial charge in [0, 0.05) is 16.5 Å². The number of hydrogen-bond acceptors (Lipinski definition) is 1. The Hall–Kier alpha value is -4.56. The number of allylic oxidation sites excluding steroid dienone is 8. The molecule has 0 bridgehead atoms. The van der Waals surface area contributed by atoms with Crippen LogP contribution in [0.2, 0.25) is 0 Å². The summed E-state index contributed by atoms with van der Waals surface area (Å²) in [7, 11) is 0. The second-order valence-electron chi connectivity index (χ2n) is 10.5. The third-order valence-corrected chi connectivity index (χ3v) is 7.80. The molecule has 206 valence electrons. The fourth-order valence-electron chi connectivity index (χ4n) is 5.49. The molecule has 1 aliphatic carbocycles. The number of phenolic OH excluding ortho intramolecular Hbond substituents is 1. The first-order valence-electron chi connectivity index (χ1n) is 14.6. The topological polar surface area (TPSA) is 25.2 Å². The van der Waals surface area contributed by atoms with Crippen LogP contribution in [-0.2, 0) is 0 Å². The molecule has 0 saturated heterocycles. The summed E-state index contributed by atoms with van der Waals surface area (Å²) < 4.78 is 2.31. The van der Waals surface area contributed by atoms with E-state index in [9.17, 15) is 5.11 Å². The van der Waals surface area contributed by atoms with Crippen molar-refractivity contribution in [1.82, 2.24) is 4.57 Å². The summed E-state index contributed by atoms with van der Waals surface area (Å²) in [5, 5.41) is 12.5. The molecule has 0 unspecified atom stereocenters. The maximum Gasteiger partial charge on any atom is 0.116 e. The summed E-state index contributed by atoms with van der Waals surface area (Å²) in [5.74, 6) is 0.278. The fourth-order valence-corrected chi connectivity index (χ4v) is 5.49. The summed E-state index contributed by atoms with van der Waals surface area (Å²) in [6.07, 6.45) is 13.3. The van der Waals surface area contributed by atoms with Gasteiger partial charge >= 0.3 is 0 Å². The number of aromatic nitrogens is 1. The second kappa shape index (κ2) is 12.3. The van der Waals surface area contributed by atoms with Crippen molar-refractivity contribution in [2.24, 2.45) is 0 Å². The number of aromatic hydroxyl groups is 1. The largest absolute Gasteiger partial charge is 0.508 e. The number of fused-ring (bicyclic) bond motifs is 3. The Morgan fingerprint density at radius 1 is 0.756 bits per heavy atom. The minimum atomic E-state index is 0.278. The predicted octanol–water partition coefficient (Wildman–Crippen LogP) is 11.1. The molecule has 1 N–H and O–H groups in total. The smallest absolute Gasteiger partial charge is 0.116 e. The number of aryl methyl sites for hydroxylation is 1. The molecule has 2 nitrogen and oxygen atoms in total. The minimum Gasteiger partial charge on any atom is -0.508 e. The van der Waals surface area contributed by atoms with Gasteiger partial charge in [0.25, 0.3) is 0 Å². The van der Waals surface area contributed by atoms with Gasteiger partial charge in [0.1, 0.15) is 5.75 Å². The number of hydrogen-bond donors (Lipinski definition) is 1. The van der Waals surface area contributed by atoms with Crippen LogP contribution >= 0.6 is 0 Å². The molecule has 0 aliphatic heterocycles. The lowest BCUT2D eigenvalue weighted by Crippen LogP contribution is -1.95. The summed E-state index contributed by atoms with van der Waals surface area (Å²) in [5.41, 5.74) is 12.1. The zero-order chi connectivity index (χ0) is 28.9.